The molecule has 0 unspecified atom stereocenters. The van der Waals surface area contributed by atoms with E-state index in [9.17, 15) is 0 Å². The molecule has 3 heteroatoms. The first-order valence-corrected chi connectivity index (χ1v) is 5.95. The highest BCUT2D eigenvalue weighted by Crippen LogP contribution is 2.28. The van der Waals surface area contributed by atoms with Gasteiger partial charge in [-0.05, 0) is 56.0 Å². The van der Waals surface area contributed by atoms with E-state index in [1.165, 1.54) is 11.1 Å². The monoisotopic (exact) mass is 242 g/mol. The molecule has 1 aromatic carbocycles. The number of rotatable bonds is 2. The smallest absolute Gasteiger partial charge is 0.221 e. The molecule has 1 aromatic heterocycles. The summed E-state index contributed by atoms with van der Waals surface area (Å²) in [7, 11) is 0. The van der Waals surface area contributed by atoms with Gasteiger partial charge in [0.25, 0.3) is 0 Å². The SMILES string of the molecule is Cc1cc(C)c(C)c(Oc2cc(N)c(C)cn2)c1. The molecule has 18 heavy (non-hydrogen) atoms. The van der Waals surface area contributed by atoms with E-state index >= 15 is 0 Å². The Morgan fingerprint density at radius 2 is 1.72 bits per heavy atom. The minimum atomic E-state index is 0.534. The summed E-state index contributed by atoms with van der Waals surface area (Å²) in [6, 6.07) is 5.91. The van der Waals surface area contributed by atoms with Crippen LogP contribution < -0.4 is 10.5 Å². The zero-order chi connectivity index (χ0) is 13.3. The summed E-state index contributed by atoms with van der Waals surface area (Å²) in [5, 5.41) is 0. The van der Waals surface area contributed by atoms with Crippen LogP contribution in [0.15, 0.2) is 24.4 Å². The normalized spacial score (nSPS) is 10.4. The van der Waals surface area contributed by atoms with Crippen molar-refractivity contribution in [3.05, 3.63) is 46.6 Å². The summed E-state index contributed by atoms with van der Waals surface area (Å²) in [5.74, 6) is 1.37. The molecule has 0 aliphatic heterocycles. The lowest BCUT2D eigenvalue weighted by atomic mass is 10.1. The maximum Gasteiger partial charge on any atom is 0.221 e. The summed E-state index contributed by atoms with van der Waals surface area (Å²) in [6.07, 6.45) is 1.72. The van der Waals surface area contributed by atoms with Crippen molar-refractivity contribution in [2.45, 2.75) is 27.7 Å². The molecule has 1 heterocycles. The molecule has 0 bridgehead atoms. The Kier molecular flexibility index (Phi) is 3.24. The van der Waals surface area contributed by atoms with Gasteiger partial charge in [0.1, 0.15) is 5.75 Å². The number of nitrogens with zero attached hydrogens (tertiary/aromatic N) is 1. The lowest BCUT2D eigenvalue weighted by Crippen LogP contribution is -1.96. The highest BCUT2D eigenvalue weighted by Gasteiger charge is 2.07. The minimum absolute atomic E-state index is 0.534. The Hall–Kier alpha value is -2.03. The zero-order valence-corrected chi connectivity index (χ0v) is 11.2. The molecule has 2 rings (SSSR count). The molecule has 0 atom stereocenters. The number of ether oxygens (including phenoxy) is 1. The number of pyridine rings is 1. The molecule has 0 aliphatic rings. The first kappa shape index (κ1) is 12.4. The number of anilines is 1. The Bertz CT molecular complexity index is 591. The molecular weight excluding hydrogens is 224 g/mol. The molecule has 0 spiro atoms. The van der Waals surface area contributed by atoms with Crippen LogP contribution in [0.3, 0.4) is 0 Å². The number of nitrogens with two attached hydrogens (primary N) is 1. The van der Waals surface area contributed by atoms with Crippen molar-refractivity contribution >= 4 is 5.69 Å². The summed E-state index contributed by atoms with van der Waals surface area (Å²) >= 11 is 0. The molecule has 0 aliphatic carbocycles. The van der Waals surface area contributed by atoms with Crippen LogP contribution in [0.1, 0.15) is 22.3 Å². The number of nitrogen functional groups attached to an aromatic ring is 1. The molecular formula is C15H18N2O. The zero-order valence-electron chi connectivity index (χ0n) is 11.2. The van der Waals surface area contributed by atoms with E-state index in [4.69, 9.17) is 10.5 Å². The maximum atomic E-state index is 5.85. The van der Waals surface area contributed by atoms with E-state index in [0.717, 1.165) is 16.9 Å². The van der Waals surface area contributed by atoms with Crippen LogP contribution in [-0.4, -0.2) is 4.98 Å². The van der Waals surface area contributed by atoms with Gasteiger partial charge in [-0.25, -0.2) is 4.98 Å². The number of benzene rings is 1. The van der Waals surface area contributed by atoms with E-state index in [1.54, 1.807) is 12.3 Å². The maximum absolute atomic E-state index is 5.85. The van der Waals surface area contributed by atoms with Gasteiger partial charge >= 0.3 is 0 Å². The van der Waals surface area contributed by atoms with Crippen LogP contribution in [-0.2, 0) is 0 Å². The second kappa shape index (κ2) is 4.69. The molecule has 94 valence electrons. The van der Waals surface area contributed by atoms with Crippen LogP contribution in [0.25, 0.3) is 0 Å². The predicted molar refractivity (Wildman–Crippen MR) is 74.1 cm³/mol. The summed E-state index contributed by atoms with van der Waals surface area (Å²) < 4.78 is 5.82. The fourth-order valence-corrected chi connectivity index (χ4v) is 1.79. The Morgan fingerprint density at radius 3 is 2.39 bits per heavy atom. The fraction of sp³-hybridized carbons (Fsp3) is 0.267. The quantitative estimate of drug-likeness (QED) is 0.873. The highest BCUT2D eigenvalue weighted by atomic mass is 16.5. The fourth-order valence-electron chi connectivity index (χ4n) is 1.79. The number of hydrogen-bond donors (Lipinski definition) is 1. The van der Waals surface area contributed by atoms with Crippen molar-refractivity contribution in [1.82, 2.24) is 4.98 Å². The standard InChI is InChI=1S/C15H18N2O/c1-9-5-10(2)12(4)14(6-9)18-15-7-13(16)11(3)8-17-15/h5-8H,1-4H3,(H2,16,17). The van der Waals surface area contributed by atoms with Crippen LogP contribution in [0.2, 0.25) is 0 Å². The molecule has 2 N–H and O–H groups in total. The lowest BCUT2D eigenvalue weighted by Gasteiger charge is -2.12. The molecule has 0 saturated heterocycles. The van der Waals surface area contributed by atoms with Crippen molar-refractivity contribution in [3.63, 3.8) is 0 Å². The van der Waals surface area contributed by atoms with Crippen LogP contribution in [0.4, 0.5) is 5.69 Å². The Morgan fingerprint density at radius 1 is 1.00 bits per heavy atom. The molecule has 0 fully saturated rings. The van der Waals surface area contributed by atoms with E-state index in [0.29, 0.717) is 11.6 Å². The summed E-state index contributed by atoms with van der Waals surface area (Å²) in [6.45, 7) is 8.10. The van der Waals surface area contributed by atoms with Gasteiger partial charge in [-0.1, -0.05) is 6.07 Å². The first-order valence-electron chi connectivity index (χ1n) is 5.95. The van der Waals surface area contributed by atoms with Gasteiger partial charge < -0.3 is 10.5 Å². The average molecular weight is 242 g/mol. The van der Waals surface area contributed by atoms with Crippen molar-refractivity contribution in [1.29, 1.82) is 0 Å². The van der Waals surface area contributed by atoms with Crippen LogP contribution >= 0.6 is 0 Å². The third kappa shape index (κ3) is 2.45. The summed E-state index contributed by atoms with van der Waals surface area (Å²) in [5.41, 5.74) is 11.0. The average Bonchev–Trinajstić information content (AvgIpc) is 2.30. The number of aryl methyl sites for hydroxylation is 3. The van der Waals surface area contributed by atoms with E-state index in [2.05, 4.69) is 24.9 Å². The summed E-state index contributed by atoms with van der Waals surface area (Å²) in [4.78, 5) is 4.23. The largest absolute Gasteiger partial charge is 0.439 e. The van der Waals surface area contributed by atoms with Gasteiger partial charge in [-0.2, -0.15) is 0 Å². The van der Waals surface area contributed by atoms with Crippen molar-refractivity contribution in [2.75, 3.05) is 5.73 Å². The van der Waals surface area contributed by atoms with Crippen LogP contribution in [0, 0.1) is 27.7 Å². The third-order valence-electron chi connectivity index (χ3n) is 3.10. The van der Waals surface area contributed by atoms with Crippen molar-refractivity contribution in [3.8, 4) is 11.6 Å². The van der Waals surface area contributed by atoms with Gasteiger partial charge in [0.2, 0.25) is 5.88 Å². The number of hydrogen-bond acceptors (Lipinski definition) is 3. The molecule has 0 amide bonds. The molecule has 2 aromatic rings. The molecule has 0 saturated carbocycles. The van der Waals surface area contributed by atoms with Gasteiger partial charge in [0, 0.05) is 18.0 Å². The van der Waals surface area contributed by atoms with Crippen LogP contribution in [0.5, 0.6) is 11.6 Å². The predicted octanol–water partition coefficient (Wildman–Crippen LogP) is 3.69. The Balaban J connectivity index is 2.36. The van der Waals surface area contributed by atoms with Crippen molar-refractivity contribution < 1.29 is 4.74 Å². The van der Waals surface area contributed by atoms with Gasteiger partial charge in [-0.15, -0.1) is 0 Å². The Labute approximate surface area is 108 Å². The van der Waals surface area contributed by atoms with E-state index < -0.39 is 0 Å². The third-order valence-corrected chi connectivity index (χ3v) is 3.10. The first-order chi connectivity index (χ1) is 8.47. The molecule has 3 nitrogen and oxygen atoms in total. The van der Waals surface area contributed by atoms with Gasteiger partial charge in [0.05, 0.1) is 0 Å². The topological polar surface area (TPSA) is 48.1 Å². The van der Waals surface area contributed by atoms with E-state index in [-0.39, 0.29) is 0 Å². The van der Waals surface area contributed by atoms with Gasteiger partial charge in [0.15, 0.2) is 0 Å². The van der Waals surface area contributed by atoms with Crippen molar-refractivity contribution in [2.24, 2.45) is 0 Å². The second-order valence-corrected chi connectivity index (χ2v) is 4.69. The lowest BCUT2D eigenvalue weighted by molar-refractivity contribution is 0.459. The van der Waals surface area contributed by atoms with Gasteiger partial charge in [-0.3, -0.25) is 0 Å². The highest BCUT2D eigenvalue weighted by molar-refractivity contribution is 5.49. The second-order valence-electron chi connectivity index (χ2n) is 4.69. The number of aromatic nitrogens is 1. The van der Waals surface area contributed by atoms with E-state index in [1.807, 2.05) is 19.9 Å². The molecule has 0 radical (unpaired) electrons. The minimum Gasteiger partial charge on any atom is -0.439 e.